The first-order valence-electron chi connectivity index (χ1n) is 7.42. The Bertz CT molecular complexity index is 843. The van der Waals surface area contributed by atoms with Gasteiger partial charge in [0, 0.05) is 18.0 Å². The van der Waals surface area contributed by atoms with Gasteiger partial charge in [0.2, 0.25) is 0 Å². The van der Waals surface area contributed by atoms with Gasteiger partial charge in [-0.3, -0.25) is 0 Å². The summed E-state index contributed by atoms with van der Waals surface area (Å²) >= 11 is 5.95. The van der Waals surface area contributed by atoms with Gasteiger partial charge >= 0.3 is 6.16 Å². The topological polar surface area (TPSA) is 77.2 Å². The molecule has 0 aliphatic heterocycles. The summed E-state index contributed by atoms with van der Waals surface area (Å²) in [4.78, 5) is 19.1. The molecule has 2 aromatic rings. The summed E-state index contributed by atoms with van der Waals surface area (Å²) in [6.45, 7) is 5.70. The van der Waals surface area contributed by atoms with E-state index in [4.69, 9.17) is 21.4 Å². The number of halogens is 2. The van der Waals surface area contributed by atoms with Crippen molar-refractivity contribution >= 4 is 28.8 Å². The first kappa shape index (κ1) is 16.7. The molecule has 8 heteroatoms. The van der Waals surface area contributed by atoms with Crippen LogP contribution in [0.25, 0.3) is 11.0 Å². The minimum atomic E-state index is -1.34. The molecule has 0 saturated heterocycles. The maximum Gasteiger partial charge on any atom is 0.506 e. The molecular formula is C16H17ClFN3O3. The Morgan fingerprint density at radius 2 is 2.21 bits per heavy atom. The highest BCUT2D eigenvalue weighted by Crippen LogP contribution is 2.46. The van der Waals surface area contributed by atoms with E-state index in [0.717, 1.165) is 0 Å². The Kier molecular flexibility index (Phi) is 3.79. The molecule has 6 nitrogen and oxygen atoms in total. The molecule has 128 valence electrons. The highest BCUT2D eigenvalue weighted by Gasteiger charge is 2.48. The van der Waals surface area contributed by atoms with Crippen molar-refractivity contribution in [2.24, 2.45) is 5.41 Å². The van der Waals surface area contributed by atoms with Crippen molar-refractivity contribution in [3.63, 3.8) is 0 Å². The first-order chi connectivity index (χ1) is 11.1. The predicted molar refractivity (Wildman–Crippen MR) is 86.6 cm³/mol. The largest absolute Gasteiger partial charge is 0.506 e. The van der Waals surface area contributed by atoms with Gasteiger partial charge in [-0.2, -0.15) is 0 Å². The number of rotatable bonds is 2. The van der Waals surface area contributed by atoms with Crippen LogP contribution in [0, 0.1) is 11.2 Å². The van der Waals surface area contributed by atoms with Crippen molar-refractivity contribution < 1.29 is 19.0 Å². The van der Waals surface area contributed by atoms with Gasteiger partial charge in [0.1, 0.15) is 22.7 Å². The lowest BCUT2D eigenvalue weighted by molar-refractivity contribution is -0.0562. The Morgan fingerprint density at radius 3 is 2.83 bits per heavy atom. The van der Waals surface area contributed by atoms with Crippen LogP contribution in [0.2, 0.25) is 5.15 Å². The molecule has 0 amide bonds. The normalized spacial score (nSPS) is 23.8. The van der Waals surface area contributed by atoms with Crippen LogP contribution in [0.15, 0.2) is 24.7 Å². The standard InChI is InChI=1S/C16H17ClFN3O3/c1-15(2,3)16(24-14(22)23)5-4-9(6-16)21-7-10(18)11-12(17)19-8-20-13(11)21/h4-5,7-9H,6H2,1-3H3,(H,22,23)/t9-,16+/m0/s1. The molecule has 2 atom stereocenters. The van der Waals surface area contributed by atoms with Gasteiger partial charge < -0.3 is 14.4 Å². The van der Waals surface area contributed by atoms with E-state index in [-0.39, 0.29) is 16.6 Å². The molecule has 1 N–H and O–H groups in total. The summed E-state index contributed by atoms with van der Waals surface area (Å²) in [5.74, 6) is -0.517. The molecule has 0 bridgehead atoms. The molecule has 0 aromatic carbocycles. The van der Waals surface area contributed by atoms with Crippen LogP contribution in [0.3, 0.4) is 0 Å². The molecular weight excluding hydrogens is 337 g/mol. The van der Waals surface area contributed by atoms with Crippen LogP contribution in [-0.4, -0.2) is 31.4 Å². The predicted octanol–water partition coefficient (Wildman–Crippen LogP) is 4.20. The van der Waals surface area contributed by atoms with E-state index >= 15 is 0 Å². The first-order valence-corrected chi connectivity index (χ1v) is 7.80. The summed E-state index contributed by atoms with van der Waals surface area (Å²) in [5, 5.41) is 9.31. The Hall–Kier alpha value is -2.15. The molecule has 0 unspecified atom stereocenters. The van der Waals surface area contributed by atoms with Crippen molar-refractivity contribution in [1.82, 2.24) is 14.5 Å². The van der Waals surface area contributed by atoms with Crippen molar-refractivity contribution in [2.75, 3.05) is 0 Å². The zero-order valence-electron chi connectivity index (χ0n) is 13.5. The second-order valence-electron chi connectivity index (χ2n) is 6.89. The van der Waals surface area contributed by atoms with E-state index < -0.39 is 23.0 Å². The molecule has 3 rings (SSSR count). The van der Waals surface area contributed by atoms with Crippen LogP contribution < -0.4 is 0 Å². The SMILES string of the molecule is CC(C)(C)[C@@]1(OC(=O)O)C=C[C@H](n2cc(F)c3c(Cl)ncnc32)C1. The molecule has 2 aromatic heterocycles. The number of ether oxygens (including phenoxy) is 1. The fourth-order valence-electron chi connectivity index (χ4n) is 3.10. The van der Waals surface area contributed by atoms with Gasteiger partial charge in [-0.1, -0.05) is 38.4 Å². The molecule has 0 fully saturated rings. The highest BCUT2D eigenvalue weighted by atomic mass is 35.5. The molecule has 1 aliphatic rings. The minimum absolute atomic E-state index is 0.0436. The molecule has 1 aliphatic carbocycles. The van der Waals surface area contributed by atoms with Crippen LogP contribution in [-0.2, 0) is 4.74 Å². The zero-order chi connectivity index (χ0) is 17.7. The Balaban J connectivity index is 2.04. The molecule has 0 saturated carbocycles. The zero-order valence-corrected chi connectivity index (χ0v) is 14.2. The van der Waals surface area contributed by atoms with Gasteiger partial charge in [0.25, 0.3) is 0 Å². The van der Waals surface area contributed by atoms with E-state index in [1.54, 1.807) is 10.6 Å². The van der Waals surface area contributed by atoms with E-state index in [1.165, 1.54) is 12.5 Å². The number of allylic oxidation sites excluding steroid dienone is 1. The number of fused-ring (bicyclic) bond motifs is 1. The van der Waals surface area contributed by atoms with Crippen LogP contribution in [0.4, 0.5) is 9.18 Å². The van der Waals surface area contributed by atoms with E-state index in [1.807, 2.05) is 26.8 Å². The third-order valence-corrected chi connectivity index (χ3v) is 4.80. The molecule has 24 heavy (non-hydrogen) atoms. The maximum absolute atomic E-state index is 14.2. The molecule has 0 radical (unpaired) electrons. The molecule has 2 heterocycles. The molecule has 0 spiro atoms. The highest BCUT2D eigenvalue weighted by molar-refractivity contribution is 6.34. The summed E-state index contributed by atoms with van der Waals surface area (Å²) in [5.41, 5.74) is -1.11. The van der Waals surface area contributed by atoms with Crippen LogP contribution in [0.5, 0.6) is 0 Å². The van der Waals surface area contributed by atoms with Crippen molar-refractivity contribution in [3.05, 3.63) is 35.6 Å². The van der Waals surface area contributed by atoms with Crippen molar-refractivity contribution in [1.29, 1.82) is 0 Å². The lowest BCUT2D eigenvalue weighted by Crippen LogP contribution is -2.44. The monoisotopic (exact) mass is 353 g/mol. The Labute approximate surface area is 142 Å². The quantitative estimate of drug-likeness (QED) is 0.497. The van der Waals surface area contributed by atoms with Crippen LogP contribution in [0.1, 0.15) is 33.2 Å². The van der Waals surface area contributed by atoms with Crippen LogP contribution >= 0.6 is 11.6 Å². The van der Waals surface area contributed by atoms with Gasteiger partial charge in [-0.25, -0.2) is 19.2 Å². The number of carboxylic acid groups (broad SMARTS) is 1. The number of nitrogens with zero attached hydrogens (tertiary/aromatic N) is 3. The lowest BCUT2D eigenvalue weighted by Gasteiger charge is -2.39. The second kappa shape index (κ2) is 5.44. The van der Waals surface area contributed by atoms with Gasteiger partial charge in [0.05, 0.1) is 11.4 Å². The Morgan fingerprint density at radius 1 is 1.50 bits per heavy atom. The van der Waals surface area contributed by atoms with E-state index in [0.29, 0.717) is 12.1 Å². The fraction of sp³-hybridized carbons (Fsp3) is 0.438. The van der Waals surface area contributed by atoms with E-state index in [9.17, 15) is 9.18 Å². The number of hydrogen-bond acceptors (Lipinski definition) is 4. The number of carbonyl (C=O) groups is 1. The summed E-state index contributed by atoms with van der Waals surface area (Å²) < 4.78 is 21.1. The van der Waals surface area contributed by atoms with Crippen molar-refractivity contribution in [3.8, 4) is 0 Å². The average Bonchev–Trinajstić information content (AvgIpc) is 3.01. The van der Waals surface area contributed by atoms with E-state index in [2.05, 4.69) is 9.97 Å². The summed E-state index contributed by atoms with van der Waals surface area (Å²) in [6, 6.07) is -0.304. The smallest absolute Gasteiger partial charge is 0.450 e. The van der Waals surface area contributed by atoms with Gasteiger partial charge in [-0.05, 0) is 6.08 Å². The minimum Gasteiger partial charge on any atom is -0.450 e. The third-order valence-electron chi connectivity index (χ3n) is 4.51. The summed E-state index contributed by atoms with van der Waals surface area (Å²) in [7, 11) is 0. The average molecular weight is 354 g/mol. The second-order valence-corrected chi connectivity index (χ2v) is 7.24. The summed E-state index contributed by atoms with van der Waals surface area (Å²) in [6.07, 6.45) is 5.11. The van der Waals surface area contributed by atoms with Gasteiger partial charge in [0.15, 0.2) is 5.82 Å². The van der Waals surface area contributed by atoms with Crippen molar-refractivity contribution in [2.45, 2.75) is 38.8 Å². The third kappa shape index (κ3) is 2.53. The fourth-order valence-corrected chi connectivity index (χ4v) is 3.32. The van der Waals surface area contributed by atoms with Gasteiger partial charge in [-0.15, -0.1) is 0 Å². The lowest BCUT2D eigenvalue weighted by atomic mass is 9.75. The maximum atomic E-state index is 14.2. The number of hydrogen-bond donors (Lipinski definition) is 1. The number of aromatic nitrogens is 3.